The largest absolute Gasteiger partial charge is 0.513 e. The van der Waals surface area contributed by atoms with Crippen LogP contribution in [-0.2, 0) is 4.57 Å². The molecule has 0 heterocycles. The SMILES string of the molecule is CCCC(C1=CC(O)CC1)[P+](=O)O. The van der Waals surface area contributed by atoms with Crippen LogP contribution in [0.3, 0.4) is 0 Å². The van der Waals surface area contributed by atoms with Gasteiger partial charge in [-0.1, -0.05) is 19.4 Å². The lowest BCUT2D eigenvalue weighted by Crippen LogP contribution is -2.04. The maximum Gasteiger partial charge on any atom is 0.513 e. The number of aliphatic hydroxyl groups is 1. The smallest absolute Gasteiger partial charge is 0.389 e. The molecule has 13 heavy (non-hydrogen) atoms. The third-order valence-corrected chi connectivity index (χ3v) is 3.52. The van der Waals surface area contributed by atoms with Crippen molar-refractivity contribution in [3.63, 3.8) is 0 Å². The molecule has 1 rings (SSSR count). The van der Waals surface area contributed by atoms with Crippen LogP contribution in [-0.4, -0.2) is 21.8 Å². The zero-order chi connectivity index (χ0) is 9.84. The molecular weight excluding hydrogens is 187 g/mol. The summed E-state index contributed by atoms with van der Waals surface area (Å²) < 4.78 is 11.0. The highest BCUT2D eigenvalue weighted by Crippen LogP contribution is 2.37. The lowest BCUT2D eigenvalue weighted by Gasteiger charge is -2.02. The molecule has 3 atom stereocenters. The summed E-state index contributed by atoms with van der Waals surface area (Å²) in [4.78, 5) is 9.08. The Balaban J connectivity index is 2.65. The second-order valence-electron chi connectivity index (χ2n) is 3.45. The first-order valence-corrected chi connectivity index (χ1v) is 5.97. The van der Waals surface area contributed by atoms with Crippen molar-refractivity contribution in [2.24, 2.45) is 0 Å². The van der Waals surface area contributed by atoms with Crippen molar-refractivity contribution in [1.82, 2.24) is 0 Å². The normalized spacial score (nSPS) is 25.6. The average molecular weight is 203 g/mol. The zero-order valence-electron chi connectivity index (χ0n) is 7.81. The van der Waals surface area contributed by atoms with Crippen LogP contribution in [0.2, 0.25) is 0 Å². The molecule has 0 radical (unpaired) electrons. The number of aliphatic hydroxyl groups excluding tert-OH is 1. The van der Waals surface area contributed by atoms with Gasteiger partial charge in [-0.2, -0.15) is 4.89 Å². The molecule has 0 aromatic rings. The van der Waals surface area contributed by atoms with Crippen molar-refractivity contribution in [3.05, 3.63) is 11.6 Å². The van der Waals surface area contributed by atoms with Crippen LogP contribution in [0, 0.1) is 0 Å². The van der Waals surface area contributed by atoms with Gasteiger partial charge in [-0.15, -0.1) is 0 Å². The van der Waals surface area contributed by atoms with E-state index in [1.54, 1.807) is 6.08 Å². The lowest BCUT2D eigenvalue weighted by molar-refractivity contribution is 0.223. The fourth-order valence-electron chi connectivity index (χ4n) is 1.72. The van der Waals surface area contributed by atoms with E-state index < -0.39 is 14.1 Å². The van der Waals surface area contributed by atoms with Crippen molar-refractivity contribution >= 4 is 8.03 Å². The van der Waals surface area contributed by atoms with Gasteiger partial charge in [-0.05, 0) is 23.0 Å². The van der Waals surface area contributed by atoms with Crippen LogP contribution in [0.1, 0.15) is 32.6 Å². The van der Waals surface area contributed by atoms with E-state index in [4.69, 9.17) is 4.89 Å². The quantitative estimate of drug-likeness (QED) is 0.542. The summed E-state index contributed by atoms with van der Waals surface area (Å²) in [7, 11) is -2.13. The molecule has 0 amide bonds. The van der Waals surface area contributed by atoms with E-state index in [2.05, 4.69) is 0 Å². The minimum atomic E-state index is -2.13. The van der Waals surface area contributed by atoms with Crippen molar-refractivity contribution in [3.8, 4) is 0 Å². The minimum Gasteiger partial charge on any atom is -0.389 e. The maximum absolute atomic E-state index is 11.0. The summed E-state index contributed by atoms with van der Waals surface area (Å²) in [5, 5.41) is 9.25. The first kappa shape index (κ1) is 10.8. The summed E-state index contributed by atoms with van der Waals surface area (Å²) in [6.07, 6.45) is 4.46. The van der Waals surface area contributed by atoms with Gasteiger partial charge in [0.1, 0.15) is 0 Å². The predicted molar refractivity (Wildman–Crippen MR) is 51.8 cm³/mol. The Morgan fingerprint density at radius 2 is 2.46 bits per heavy atom. The third-order valence-electron chi connectivity index (χ3n) is 2.39. The average Bonchev–Trinajstić information content (AvgIpc) is 2.46. The van der Waals surface area contributed by atoms with Gasteiger partial charge < -0.3 is 5.11 Å². The van der Waals surface area contributed by atoms with Crippen LogP contribution >= 0.6 is 8.03 Å². The summed E-state index contributed by atoms with van der Waals surface area (Å²) in [5.74, 6) is 0. The van der Waals surface area contributed by atoms with Gasteiger partial charge in [0.15, 0.2) is 0 Å². The molecule has 1 aliphatic carbocycles. The highest BCUT2D eigenvalue weighted by molar-refractivity contribution is 7.39. The first-order chi connectivity index (χ1) is 6.15. The van der Waals surface area contributed by atoms with Gasteiger partial charge in [-0.3, -0.25) is 0 Å². The zero-order valence-corrected chi connectivity index (χ0v) is 8.70. The van der Waals surface area contributed by atoms with Gasteiger partial charge >= 0.3 is 8.03 Å². The molecule has 3 nitrogen and oxygen atoms in total. The summed E-state index contributed by atoms with van der Waals surface area (Å²) in [5.41, 5.74) is 0.745. The first-order valence-electron chi connectivity index (χ1n) is 4.69. The molecule has 0 aromatic carbocycles. The Morgan fingerprint density at radius 3 is 2.85 bits per heavy atom. The Hall–Kier alpha value is -0.240. The van der Waals surface area contributed by atoms with E-state index in [1.807, 2.05) is 6.92 Å². The van der Waals surface area contributed by atoms with Gasteiger partial charge in [0.25, 0.3) is 0 Å². The van der Waals surface area contributed by atoms with E-state index in [-0.39, 0.29) is 5.66 Å². The topological polar surface area (TPSA) is 57.5 Å². The van der Waals surface area contributed by atoms with Crippen LogP contribution in [0.4, 0.5) is 0 Å². The summed E-state index contributed by atoms with van der Waals surface area (Å²) in [6, 6.07) is 0. The molecule has 4 heteroatoms. The molecule has 1 aliphatic rings. The molecule has 0 aromatic heterocycles. The number of hydrogen-bond donors (Lipinski definition) is 2. The Bertz CT molecular complexity index is 225. The van der Waals surface area contributed by atoms with Gasteiger partial charge in [0, 0.05) is 6.42 Å². The number of rotatable bonds is 4. The van der Waals surface area contributed by atoms with Crippen molar-refractivity contribution in [1.29, 1.82) is 0 Å². The molecule has 0 aliphatic heterocycles. The summed E-state index contributed by atoms with van der Waals surface area (Å²) >= 11 is 0. The molecule has 3 unspecified atom stereocenters. The van der Waals surface area contributed by atoms with Gasteiger partial charge in [-0.25, -0.2) is 0 Å². The predicted octanol–water partition coefficient (Wildman–Crippen LogP) is 1.97. The second kappa shape index (κ2) is 4.85. The van der Waals surface area contributed by atoms with Gasteiger partial charge in [0.05, 0.1) is 6.10 Å². The summed E-state index contributed by atoms with van der Waals surface area (Å²) in [6.45, 7) is 2.00. The van der Waals surface area contributed by atoms with E-state index in [0.717, 1.165) is 24.8 Å². The highest BCUT2D eigenvalue weighted by atomic mass is 31.1. The lowest BCUT2D eigenvalue weighted by atomic mass is 10.1. The fourth-order valence-corrected chi connectivity index (χ4v) is 2.70. The van der Waals surface area contributed by atoms with Crippen LogP contribution in [0.25, 0.3) is 0 Å². The third kappa shape index (κ3) is 2.87. The second-order valence-corrected chi connectivity index (χ2v) is 4.68. The van der Waals surface area contributed by atoms with Crippen molar-refractivity contribution in [2.75, 3.05) is 0 Å². The van der Waals surface area contributed by atoms with Crippen LogP contribution in [0.15, 0.2) is 11.6 Å². The monoisotopic (exact) mass is 203 g/mol. The minimum absolute atomic E-state index is 0.225. The molecule has 0 fully saturated rings. The Labute approximate surface area is 79.3 Å². The fraction of sp³-hybridized carbons (Fsp3) is 0.778. The molecule has 2 N–H and O–H groups in total. The standard InChI is InChI=1S/C9H15O3P/c1-2-3-9(13(11)12)7-4-5-8(10)6-7/h6,8-10H,2-5H2,1H3/p+1. The Morgan fingerprint density at radius 1 is 1.77 bits per heavy atom. The van der Waals surface area contributed by atoms with E-state index in [0.29, 0.717) is 6.42 Å². The van der Waals surface area contributed by atoms with Crippen molar-refractivity contribution < 1.29 is 14.6 Å². The number of allylic oxidation sites excluding steroid dienone is 1. The van der Waals surface area contributed by atoms with E-state index >= 15 is 0 Å². The maximum atomic E-state index is 11.0. The van der Waals surface area contributed by atoms with Crippen molar-refractivity contribution in [2.45, 2.75) is 44.4 Å². The van der Waals surface area contributed by atoms with Gasteiger partial charge in [0.2, 0.25) is 5.66 Å². The molecular formula is C9H16O3P+. The molecule has 0 saturated carbocycles. The number of hydrogen-bond acceptors (Lipinski definition) is 2. The molecule has 74 valence electrons. The van der Waals surface area contributed by atoms with Crippen LogP contribution < -0.4 is 0 Å². The van der Waals surface area contributed by atoms with E-state index in [9.17, 15) is 9.67 Å². The highest BCUT2D eigenvalue weighted by Gasteiger charge is 2.34. The Kier molecular flexibility index (Phi) is 4.04. The van der Waals surface area contributed by atoms with Crippen LogP contribution in [0.5, 0.6) is 0 Å². The molecule has 0 bridgehead atoms. The van der Waals surface area contributed by atoms with E-state index in [1.165, 1.54) is 0 Å². The molecule has 0 saturated heterocycles. The molecule has 0 spiro atoms.